The van der Waals surface area contributed by atoms with Crippen molar-refractivity contribution in [2.24, 2.45) is 5.92 Å². The van der Waals surface area contributed by atoms with Gasteiger partial charge in [0.25, 0.3) is 0 Å². The monoisotopic (exact) mass is 452 g/mol. The van der Waals surface area contributed by atoms with E-state index in [0.29, 0.717) is 12.8 Å². The van der Waals surface area contributed by atoms with Gasteiger partial charge in [-0.2, -0.15) is 0 Å². The number of amides is 2. The fourth-order valence-corrected chi connectivity index (χ4v) is 6.48. The Hall–Kier alpha value is -1.92. The first-order chi connectivity index (χ1) is 16.2. The molecule has 0 radical (unpaired) electrons. The van der Waals surface area contributed by atoms with Crippen LogP contribution in [0.15, 0.2) is 24.3 Å². The number of carbonyl (C=O) groups excluding carboxylic acids is 2. The third kappa shape index (κ3) is 5.60. The lowest BCUT2D eigenvalue weighted by Crippen LogP contribution is -2.53. The average Bonchev–Trinajstić information content (AvgIpc) is 2.86. The average molecular weight is 453 g/mol. The molecule has 1 aromatic rings. The summed E-state index contributed by atoms with van der Waals surface area (Å²) < 4.78 is 0. The van der Waals surface area contributed by atoms with Crippen molar-refractivity contribution in [2.45, 2.75) is 69.7 Å². The lowest BCUT2D eigenvalue weighted by atomic mass is 9.88. The molecular formula is C27H40N4O2. The van der Waals surface area contributed by atoms with Crippen molar-refractivity contribution in [3.8, 4) is 0 Å². The van der Waals surface area contributed by atoms with Crippen LogP contribution in [0, 0.1) is 5.92 Å². The Morgan fingerprint density at radius 3 is 2.15 bits per heavy atom. The molecule has 3 heterocycles. The number of nitrogens with one attached hydrogen (secondary N) is 1. The van der Waals surface area contributed by atoms with Gasteiger partial charge in [0.05, 0.1) is 5.92 Å². The van der Waals surface area contributed by atoms with E-state index < -0.39 is 0 Å². The molecule has 33 heavy (non-hydrogen) atoms. The van der Waals surface area contributed by atoms with Gasteiger partial charge >= 0.3 is 0 Å². The largest absolute Gasteiger partial charge is 0.369 e. The number of imide groups is 1. The summed E-state index contributed by atoms with van der Waals surface area (Å²) in [5, 5.41) is 2.47. The molecule has 5 rings (SSSR count). The Morgan fingerprint density at radius 2 is 1.48 bits per heavy atom. The molecule has 1 aliphatic carbocycles. The van der Waals surface area contributed by atoms with Gasteiger partial charge in [0.1, 0.15) is 0 Å². The number of hydrogen-bond acceptors (Lipinski definition) is 5. The second-order valence-electron chi connectivity index (χ2n) is 10.7. The molecule has 6 nitrogen and oxygen atoms in total. The van der Waals surface area contributed by atoms with Gasteiger partial charge in [-0.15, -0.1) is 0 Å². The fourth-order valence-electron chi connectivity index (χ4n) is 6.48. The van der Waals surface area contributed by atoms with E-state index >= 15 is 0 Å². The van der Waals surface area contributed by atoms with Gasteiger partial charge < -0.3 is 9.80 Å². The highest BCUT2D eigenvalue weighted by atomic mass is 16.2. The van der Waals surface area contributed by atoms with Crippen LogP contribution in [-0.2, 0) is 9.59 Å². The summed E-state index contributed by atoms with van der Waals surface area (Å²) >= 11 is 0. The summed E-state index contributed by atoms with van der Waals surface area (Å²) in [7, 11) is 0. The zero-order valence-electron chi connectivity index (χ0n) is 20.0. The van der Waals surface area contributed by atoms with Crippen LogP contribution in [0.25, 0.3) is 0 Å². The number of piperidine rings is 2. The third-order valence-corrected chi connectivity index (χ3v) is 8.53. The lowest BCUT2D eigenvalue weighted by molar-refractivity contribution is -0.134. The number of benzene rings is 1. The van der Waals surface area contributed by atoms with E-state index in [1.54, 1.807) is 0 Å². The summed E-state index contributed by atoms with van der Waals surface area (Å²) in [6.45, 7) is 8.33. The predicted molar refractivity (Wildman–Crippen MR) is 131 cm³/mol. The van der Waals surface area contributed by atoms with Gasteiger partial charge in [-0.1, -0.05) is 31.4 Å². The van der Waals surface area contributed by atoms with Gasteiger partial charge in [0.15, 0.2) is 0 Å². The second-order valence-corrected chi connectivity index (χ2v) is 10.7. The van der Waals surface area contributed by atoms with E-state index in [0.717, 1.165) is 43.7 Å². The van der Waals surface area contributed by atoms with Crippen LogP contribution >= 0.6 is 0 Å². The topological polar surface area (TPSA) is 55.9 Å². The summed E-state index contributed by atoms with van der Waals surface area (Å²) in [6, 6.07) is 9.20. The van der Waals surface area contributed by atoms with E-state index in [1.807, 2.05) is 0 Å². The maximum absolute atomic E-state index is 12.1. The van der Waals surface area contributed by atoms with Crippen LogP contribution in [-0.4, -0.2) is 73.5 Å². The Morgan fingerprint density at radius 1 is 0.788 bits per heavy atom. The van der Waals surface area contributed by atoms with Crippen molar-refractivity contribution in [3.63, 3.8) is 0 Å². The Kier molecular flexibility index (Phi) is 7.31. The number of hydrogen-bond donors (Lipinski definition) is 1. The highest BCUT2D eigenvalue weighted by Gasteiger charge is 2.30. The van der Waals surface area contributed by atoms with E-state index in [4.69, 9.17) is 0 Å². The number of rotatable bonds is 5. The number of nitrogens with zero attached hydrogens (tertiary/aromatic N) is 3. The van der Waals surface area contributed by atoms with Gasteiger partial charge in [-0.3, -0.25) is 19.8 Å². The van der Waals surface area contributed by atoms with E-state index in [1.165, 1.54) is 70.3 Å². The van der Waals surface area contributed by atoms with Crippen LogP contribution < -0.4 is 10.2 Å². The molecule has 0 spiro atoms. The van der Waals surface area contributed by atoms with E-state index in [2.05, 4.69) is 44.3 Å². The standard InChI is InChI=1S/C27H40N4O2/c32-26-11-10-25(27(33)28-26)22-6-8-23(9-7-22)30-16-18-31(19-17-30)24-12-14-29(15-13-24)20-21-4-2-1-3-5-21/h6-9,21,24-25H,1-5,10-20H2,(H,28,32,33). The van der Waals surface area contributed by atoms with Gasteiger partial charge in [0, 0.05) is 50.9 Å². The van der Waals surface area contributed by atoms with Gasteiger partial charge in [-0.25, -0.2) is 0 Å². The summed E-state index contributed by atoms with van der Waals surface area (Å²) in [5.41, 5.74) is 2.26. The molecule has 1 saturated carbocycles. The predicted octanol–water partition coefficient (Wildman–Crippen LogP) is 3.37. The highest BCUT2D eigenvalue weighted by molar-refractivity contribution is 6.00. The normalized spacial score (nSPS) is 27.0. The molecule has 6 heteroatoms. The quantitative estimate of drug-likeness (QED) is 0.694. The van der Waals surface area contributed by atoms with Crippen molar-refractivity contribution in [2.75, 3.05) is 50.7 Å². The molecule has 3 aliphatic heterocycles. The van der Waals surface area contributed by atoms with Crippen molar-refractivity contribution in [1.82, 2.24) is 15.1 Å². The Bertz CT molecular complexity index is 804. The molecule has 1 aromatic carbocycles. The molecule has 1 atom stereocenters. The number of carbonyl (C=O) groups is 2. The lowest BCUT2D eigenvalue weighted by Gasteiger charge is -2.44. The zero-order chi connectivity index (χ0) is 22.6. The molecule has 3 saturated heterocycles. The fraction of sp³-hybridized carbons (Fsp3) is 0.704. The summed E-state index contributed by atoms with van der Waals surface area (Å²) in [4.78, 5) is 31.5. The molecule has 0 aromatic heterocycles. The van der Waals surface area contributed by atoms with E-state index in [9.17, 15) is 9.59 Å². The SMILES string of the molecule is O=C1CCC(c2ccc(N3CCN(C4CCN(CC5CCCCC5)CC4)CC3)cc2)C(=O)N1. The zero-order valence-corrected chi connectivity index (χ0v) is 20.0. The minimum atomic E-state index is -0.197. The smallest absolute Gasteiger partial charge is 0.234 e. The summed E-state index contributed by atoms with van der Waals surface area (Å²) in [6.07, 6.45) is 11.0. The molecule has 4 aliphatic rings. The highest BCUT2D eigenvalue weighted by Crippen LogP contribution is 2.29. The molecule has 4 fully saturated rings. The molecular weight excluding hydrogens is 412 g/mol. The number of piperazine rings is 1. The van der Waals surface area contributed by atoms with Crippen LogP contribution in [0.4, 0.5) is 5.69 Å². The molecule has 1 N–H and O–H groups in total. The molecule has 1 unspecified atom stereocenters. The van der Waals surface area contributed by atoms with Crippen molar-refractivity contribution < 1.29 is 9.59 Å². The van der Waals surface area contributed by atoms with Crippen molar-refractivity contribution >= 4 is 17.5 Å². The summed E-state index contributed by atoms with van der Waals surface area (Å²) in [5.74, 6) is 0.454. The third-order valence-electron chi connectivity index (χ3n) is 8.53. The minimum Gasteiger partial charge on any atom is -0.369 e. The number of anilines is 1. The van der Waals surface area contributed by atoms with Crippen LogP contribution in [0.1, 0.15) is 69.3 Å². The van der Waals surface area contributed by atoms with Crippen LogP contribution in [0.2, 0.25) is 0 Å². The molecule has 180 valence electrons. The molecule has 2 amide bonds. The van der Waals surface area contributed by atoms with Crippen LogP contribution in [0.3, 0.4) is 0 Å². The Balaban J connectivity index is 1.07. The first-order valence-corrected chi connectivity index (χ1v) is 13.3. The van der Waals surface area contributed by atoms with Crippen molar-refractivity contribution in [1.29, 1.82) is 0 Å². The first-order valence-electron chi connectivity index (χ1n) is 13.3. The second kappa shape index (κ2) is 10.6. The van der Waals surface area contributed by atoms with E-state index in [-0.39, 0.29) is 17.7 Å². The first kappa shape index (κ1) is 22.9. The van der Waals surface area contributed by atoms with Gasteiger partial charge in [0.2, 0.25) is 11.8 Å². The maximum atomic E-state index is 12.1. The maximum Gasteiger partial charge on any atom is 0.234 e. The van der Waals surface area contributed by atoms with Gasteiger partial charge in [-0.05, 0) is 68.8 Å². The van der Waals surface area contributed by atoms with Crippen molar-refractivity contribution in [3.05, 3.63) is 29.8 Å². The van der Waals surface area contributed by atoms with Crippen LogP contribution in [0.5, 0.6) is 0 Å². The number of likely N-dealkylation sites (tertiary alicyclic amines) is 1. The molecule has 0 bridgehead atoms. The minimum absolute atomic E-state index is 0.152. The Labute approximate surface area is 198 Å².